The highest BCUT2D eigenvalue weighted by Crippen LogP contribution is 1.93. The summed E-state index contributed by atoms with van der Waals surface area (Å²) in [4.78, 5) is 20.4. The van der Waals surface area contributed by atoms with E-state index in [4.69, 9.17) is 14.2 Å². The molecule has 0 saturated carbocycles. The second kappa shape index (κ2) is 14.0. The molecule has 0 radical (unpaired) electrons. The quantitative estimate of drug-likeness (QED) is 0.520. The van der Waals surface area contributed by atoms with Gasteiger partial charge in [0.15, 0.2) is 0 Å². The predicted octanol–water partition coefficient (Wildman–Crippen LogP) is 2.32. The van der Waals surface area contributed by atoms with Crippen LogP contribution in [0.1, 0.15) is 47.0 Å². The molecule has 108 valence electrons. The smallest absolute Gasteiger partial charge is 0.302 e. The molecule has 0 spiro atoms. The van der Waals surface area contributed by atoms with E-state index in [0.717, 1.165) is 12.8 Å². The Bertz CT molecular complexity index is 215. The molecule has 5 nitrogen and oxygen atoms in total. The molecular weight excluding hydrogens is 236 g/mol. The molecule has 0 rings (SSSR count). The number of unbranched alkanes of at least 4 members (excludes halogenated alkanes) is 2. The van der Waals surface area contributed by atoms with E-state index in [-0.39, 0.29) is 18.0 Å². The van der Waals surface area contributed by atoms with Gasteiger partial charge >= 0.3 is 11.9 Å². The Labute approximate surface area is 110 Å². The first-order chi connectivity index (χ1) is 8.43. The van der Waals surface area contributed by atoms with Crippen LogP contribution in [0.2, 0.25) is 0 Å². The molecular formula is C13H26O5. The van der Waals surface area contributed by atoms with Crippen molar-refractivity contribution < 1.29 is 23.8 Å². The second-order valence-electron chi connectivity index (χ2n) is 3.92. The second-order valence-corrected chi connectivity index (χ2v) is 3.92. The summed E-state index contributed by atoms with van der Waals surface area (Å²) in [7, 11) is 1.57. The minimum atomic E-state index is -0.264. The van der Waals surface area contributed by atoms with Crippen LogP contribution >= 0.6 is 0 Å². The first-order valence-corrected chi connectivity index (χ1v) is 6.23. The van der Waals surface area contributed by atoms with E-state index in [1.807, 2.05) is 0 Å². The van der Waals surface area contributed by atoms with Crippen LogP contribution < -0.4 is 0 Å². The van der Waals surface area contributed by atoms with Gasteiger partial charge in [-0.1, -0.05) is 19.8 Å². The summed E-state index contributed by atoms with van der Waals surface area (Å²) < 4.78 is 14.2. The van der Waals surface area contributed by atoms with Crippen LogP contribution in [-0.4, -0.2) is 38.4 Å². The van der Waals surface area contributed by atoms with Gasteiger partial charge in [-0.15, -0.1) is 0 Å². The molecule has 0 aromatic heterocycles. The van der Waals surface area contributed by atoms with Gasteiger partial charge in [-0.05, 0) is 13.3 Å². The van der Waals surface area contributed by atoms with Crippen molar-refractivity contribution in [1.29, 1.82) is 0 Å². The SMILES string of the molecule is CCCCCOC(C)=O.COCC(C)OC(C)=O. The average molecular weight is 262 g/mol. The lowest BCUT2D eigenvalue weighted by Gasteiger charge is -2.08. The van der Waals surface area contributed by atoms with E-state index in [0.29, 0.717) is 13.2 Å². The minimum absolute atomic E-state index is 0.132. The van der Waals surface area contributed by atoms with Crippen molar-refractivity contribution >= 4 is 11.9 Å². The van der Waals surface area contributed by atoms with Gasteiger partial charge in [-0.2, -0.15) is 0 Å². The molecule has 0 heterocycles. The summed E-state index contributed by atoms with van der Waals surface area (Å²) >= 11 is 0. The molecule has 0 aromatic carbocycles. The molecule has 1 atom stereocenters. The summed E-state index contributed by atoms with van der Waals surface area (Å²) in [5, 5.41) is 0. The van der Waals surface area contributed by atoms with Crippen molar-refractivity contribution in [3.8, 4) is 0 Å². The van der Waals surface area contributed by atoms with E-state index in [9.17, 15) is 9.59 Å². The molecule has 0 fully saturated rings. The lowest BCUT2D eigenvalue weighted by molar-refractivity contribution is -0.147. The van der Waals surface area contributed by atoms with Gasteiger partial charge in [0.2, 0.25) is 0 Å². The van der Waals surface area contributed by atoms with Crippen molar-refractivity contribution in [2.45, 2.75) is 53.1 Å². The van der Waals surface area contributed by atoms with E-state index < -0.39 is 0 Å². The Morgan fingerprint density at radius 3 is 2.11 bits per heavy atom. The predicted molar refractivity (Wildman–Crippen MR) is 69.3 cm³/mol. The summed E-state index contributed by atoms with van der Waals surface area (Å²) in [5.74, 6) is -0.439. The molecule has 0 aliphatic rings. The molecule has 0 aliphatic heterocycles. The van der Waals surface area contributed by atoms with Crippen LogP contribution in [-0.2, 0) is 23.8 Å². The molecule has 0 aliphatic carbocycles. The highest BCUT2D eigenvalue weighted by Gasteiger charge is 2.02. The minimum Gasteiger partial charge on any atom is -0.466 e. The largest absolute Gasteiger partial charge is 0.466 e. The summed E-state index contributed by atoms with van der Waals surface area (Å²) in [6, 6.07) is 0. The molecule has 18 heavy (non-hydrogen) atoms. The van der Waals surface area contributed by atoms with Gasteiger partial charge in [-0.3, -0.25) is 9.59 Å². The number of hydrogen-bond donors (Lipinski definition) is 0. The van der Waals surface area contributed by atoms with Crippen molar-refractivity contribution in [3.63, 3.8) is 0 Å². The van der Waals surface area contributed by atoms with Crippen LogP contribution in [0.4, 0.5) is 0 Å². The number of carbonyl (C=O) groups excluding carboxylic acids is 2. The van der Waals surface area contributed by atoms with Crippen molar-refractivity contribution in [2.24, 2.45) is 0 Å². The maximum atomic E-state index is 10.3. The summed E-state index contributed by atoms with van der Waals surface area (Å²) in [6.45, 7) is 7.76. The first-order valence-electron chi connectivity index (χ1n) is 6.23. The normalized spacial score (nSPS) is 10.9. The fourth-order valence-electron chi connectivity index (χ4n) is 1.12. The van der Waals surface area contributed by atoms with Crippen LogP contribution in [0.15, 0.2) is 0 Å². The van der Waals surface area contributed by atoms with Gasteiger partial charge in [-0.25, -0.2) is 0 Å². The third-order valence-corrected chi connectivity index (χ3v) is 1.82. The van der Waals surface area contributed by atoms with Gasteiger partial charge in [0.05, 0.1) is 13.2 Å². The van der Waals surface area contributed by atoms with Gasteiger partial charge < -0.3 is 14.2 Å². The number of carbonyl (C=O) groups is 2. The van der Waals surface area contributed by atoms with Gasteiger partial charge in [0.25, 0.3) is 0 Å². The fourth-order valence-corrected chi connectivity index (χ4v) is 1.12. The Hall–Kier alpha value is -1.10. The monoisotopic (exact) mass is 262 g/mol. The maximum Gasteiger partial charge on any atom is 0.302 e. The molecule has 0 amide bonds. The molecule has 0 aromatic rings. The highest BCUT2D eigenvalue weighted by molar-refractivity contribution is 5.66. The number of esters is 2. The first kappa shape index (κ1) is 19.2. The number of hydrogen-bond acceptors (Lipinski definition) is 5. The Morgan fingerprint density at radius 1 is 1.11 bits per heavy atom. The third-order valence-electron chi connectivity index (χ3n) is 1.82. The van der Waals surface area contributed by atoms with Gasteiger partial charge in [0.1, 0.15) is 6.10 Å². The Morgan fingerprint density at radius 2 is 1.72 bits per heavy atom. The molecule has 0 bridgehead atoms. The van der Waals surface area contributed by atoms with Crippen molar-refractivity contribution in [1.82, 2.24) is 0 Å². The number of ether oxygens (including phenoxy) is 3. The standard InChI is InChI=1S/C7H14O2.C6H12O3/c1-3-4-5-6-9-7(2)8;1-5(4-8-3)9-6(2)7/h3-6H2,1-2H3;5H,4H2,1-3H3. The zero-order chi connectivity index (χ0) is 14.4. The Balaban J connectivity index is 0. The topological polar surface area (TPSA) is 61.8 Å². The van der Waals surface area contributed by atoms with E-state index in [1.165, 1.54) is 20.3 Å². The lowest BCUT2D eigenvalue weighted by atomic mass is 10.3. The molecule has 0 saturated heterocycles. The zero-order valence-corrected chi connectivity index (χ0v) is 12.2. The maximum absolute atomic E-state index is 10.3. The Kier molecular flexibility index (Phi) is 14.9. The zero-order valence-electron chi connectivity index (χ0n) is 12.2. The third kappa shape index (κ3) is 20.3. The molecule has 0 N–H and O–H groups in total. The lowest BCUT2D eigenvalue weighted by Crippen LogP contribution is -2.17. The molecule has 1 unspecified atom stereocenters. The van der Waals surface area contributed by atoms with Crippen LogP contribution in [0, 0.1) is 0 Å². The van der Waals surface area contributed by atoms with Gasteiger partial charge in [0, 0.05) is 21.0 Å². The van der Waals surface area contributed by atoms with Crippen LogP contribution in [0.3, 0.4) is 0 Å². The summed E-state index contributed by atoms with van der Waals surface area (Å²) in [6.07, 6.45) is 3.18. The summed E-state index contributed by atoms with van der Waals surface area (Å²) in [5.41, 5.74) is 0. The number of methoxy groups -OCH3 is 1. The van der Waals surface area contributed by atoms with E-state index in [2.05, 4.69) is 6.92 Å². The number of rotatable bonds is 7. The van der Waals surface area contributed by atoms with Crippen LogP contribution in [0.25, 0.3) is 0 Å². The highest BCUT2D eigenvalue weighted by atomic mass is 16.6. The van der Waals surface area contributed by atoms with Crippen molar-refractivity contribution in [3.05, 3.63) is 0 Å². The average Bonchev–Trinajstić information content (AvgIpc) is 2.24. The van der Waals surface area contributed by atoms with Crippen molar-refractivity contribution in [2.75, 3.05) is 20.3 Å². The van der Waals surface area contributed by atoms with Crippen LogP contribution in [0.5, 0.6) is 0 Å². The van der Waals surface area contributed by atoms with E-state index >= 15 is 0 Å². The molecule has 5 heteroatoms. The fraction of sp³-hybridized carbons (Fsp3) is 0.846. The van der Waals surface area contributed by atoms with E-state index in [1.54, 1.807) is 14.0 Å².